The molecule has 1 saturated heterocycles. The Bertz CT molecular complexity index is 430. The molecule has 1 aliphatic rings. The van der Waals surface area contributed by atoms with Gasteiger partial charge in [0.05, 0.1) is 12.5 Å². The van der Waals surface area contributed by atoms with Gasteiger partial charge in [-0.3, -0.25) is 9.59 Å². The summed E-state index contributed by atoms with van der Waals surface area (Å²) in [6.45, 7) is 3.52. The van der Waals surface area contributed by atoms with Gasteiger partial charge in [0.25, 0.3) is 0 Å². The molecule has 0 bridgehead atoms. The highest BCUT2D eigenvalue weighted by Crippen LogP contribution is 2.19. The lowest BCUT2D eigenvalue weighted by Crippen LogP contribution is -2.34. The molecule has 1 aromatic rings. The van der Waals surface area contributed by atoms with Crippen molar-refractivity contribution in [3.05, 3.63) is 18.0 Å². The van der Waals surface area contributed by atoms with Crippen LogP contribution < -0.4 is 0 Å². The van der Waals surface area contributed by atoms with Gasteiger partial charge in [-0.1, -0.05) is 5.16 Å². The quantitative estimate of drug-likeness (QED) is 0.781. The van der Waals surface area contributed by atoms with Gasteiger partial charge in [0.2, 0.25) is 11.8 Å². The van der Waals surface area contributed by atoms with Gasteiger partial charge in [-0.05, 0) is 6.92 Å². The van der Waals surface area contributed by atoms with E-state index >= 15 is 0 Å². The molecule has 1 atom stereocenters. The number of nitrogens with zero attached hydrogens (tertiary/aromatic N) is 3. The van der Waals surface area contributed by atoms with E-state index in [1.165, 1.54) is 6.26 Å². The van der Waals surface area contributed by atoms with Crippen molar-refractivity contribution in [3.63, 3.8) is 0 Å². The van der Waals surface area contributed by atoms with Crippen molar-refractivity contribution in [2.45, 2.75) is 19.9 Å². The zero-order valence-electron chi connectivity index (χ0n) is 10.6. The number of rotatable bonds is 4. The molecule has 1 fully saturated rings. The van der Waals surface area contributed by atoms with Crippen LogP contribution in [0.15, 0.2) is 16.9 Å². The summed E-state index contributed by atoms with van der Waals surface area (Å²) >= 11 is 0. The third-order valence-electron chi connectivity index (χ3n) is 3.21. The summed E-state index contributed by atoms with van der Waals surface area (Å²) in [5.74, 6) is -0.178. The maximum absolute atomic E-state index is 12.2. The van der Waals surface area contributed by atoms with Gasteiger partial charge in [-0.25, -0.2) is 0 Å². The average molecular weight is 251 g/mol. The van der Waals surface area contributed by atoms with Crippen LogP contribution >= 0.6 is 0 Å². The van der Waals surface area contributed by atoms with Crippen molar-refractivity contribution in [2.24, 2.45) is 5.92 Å². The third-order valence-corrected chi connectivity index (χ3v) is 3.21. The van der Waals surface area contributed by atoms with Crippen LogP contribution in [0.4, 0.5) is 0 Å². The minimum Gasteiger partial charge on any atom is -0.364 e. The number of carbonyl (C=O) groups excluding carboxylic acids is 2. The Morgan fingerprint density at radius 1 is 1.67 bits per heavy atom. The average Bonchev–Trinajstić information content (AvgIpc) is 2.97. The second-order valence-corrected chi connectivity index (χ2v) is 4.52. The summed E-state index contributed by atoms with van der Waals surface area (Å²) in [5, 5.41) is 3.77. The second kappa shape index (κ2) is 5.20. The highest BCUT2D eigenvalue weighted by molar-refractivity contribution is 5.89. The monoisotopic (exact) mass is 251 g/mol. The number of carbonyl (C=O) groups is 2. The second-order valence-electron chi connectivity index (χ2n) is 4.52. The van der Waals surface area contributed by atoms with Crippen molar-refractivity contribution in [2.75, 3.05) is 20.1 Å². The summed E-state index contributed by atoms with van der Waals surface area (Å²) in [6.07, 6.45) is 1.79. The molecule has 6 heteroatoms. The molecule has 2 amide bonds. The van der Waals surface area contributed by atoms with Gasteiger partial charge in [0.1, 0.15) is 12.0 Å². The Balaban J connectivity index is 1.93. The normalized spacial score (nSPS) is 19.3. The number of hydrogen-bond acceptors (Lipinski definition) is 4. The van der Waals surface area contributed by atoms with E-state index < -0.39 is 0 Å². The lowest BCUT2D eigenvalue weighted by molar-refractivity contribution is -0.135. The van der Waals surface area contributed by atoms with Crippen LogP contribution in [0.3, 0.4) is 0 Å². The molecule has 0 saturated carbocycles. The van der Waals surface area contributed by atoms with Gasteiger partial charge in [-0.2, -0.15) is 0 Å². The Labute approximate surface area is 106 Å². The molecule has 98 valence electrons. The number of aromatic nitrogens is 1. The van der Waals surface area contributed by atoms with E-state index in [1.807, 2.05) is 6.92 Å². The van der Waals surface area contributed by atoms with Crippen LogP contribution in [0.5, 0.6) is 0 Å². The molecule has 6 nitrogen and oxygen atoms in total. The van der Waals surface area contributed by atoms with Crippen LogP contribution in [0.25, 0.3) is 0 Å². The standard InChI is InChI=1S/C12H17N3O3/c1-3-15-7-9(6-11(15)16)12(17)14(2)8-10-4-5-18-13-10/h4-5,9H,3,6-8H2,1-2H3/t9-/m1/s1. The molecule has 1 aromatic heterocycles. The molecule has 0 radical (unpaired) electrons. The van der Waals surface area contributed by atoms with Crippen molar-refractivity contribution >= 4 is 11.8 Å². The number of likely N-dealkylation sites (tertiary alicyclic amines) is 1. The third kappa shape index (κ3) is 2.52. The van der Waals surface area contributed by atoms with E-state index in [1.54, 1.807) is 22.9 Å². The topological polar surface area (TPSA) is 66.7 Å². The first kappa shape index (κ1) is 12.6. The Hall–Kier alpha value is -1.85. The summed E-state index contributed by atoms with van der Waals surface area (Å²) in [5.41, 5.74) is 0.711. The van der Waals surface area contributed by atoms with E-state index in [9.17, 15) is 9.59 Å². The van der Waals surface area contributed by atoms with Crippen LogP contribution in [0.2, 0.25) is 0 Å². The Morgan fingerprint density at radius 3 is 3.00 bits per heavy atom. The predicted molar refractivity (Wildman–Crippen MR) is 63.3 cm³/mol. The molecule has 0 unspecified atom stereocenters. The summed E-state index contributed by atoms with van der Waals surface area (Å²) in [6, 6.07) is 1.72. The summed E-state index contributed by atoms with van der Waals surface area (Å²) in [4.78, 5) is 27.1. The van der Waals surface area contributed by atoms with E-state index in [0.717, 1.165) is 0 Å². The summed E-state index contributed by atoms with van der Waals surface area (Å²) < 4.78 is 4.72. The molecule has 2 rings (SSSR count). The van der Waals surface area contributed by atoms with Crippen molar-refractivity contribution in [1.82, 2.24) is 15.0 Å². The van der Waals surface area contributed by atoms with Crippen LogP contribution in [0.1, 0.15) is 19.0 Å². The van der Waals surface area contributed by atoms with E-state index in [2.05, 4.69) is 5.16 Å². The van der Waals surface area contributed by atoms with E-state index in [4.69, 9.17) is 4.52 Å². The van der Waals surface area contributed by atoms with Gasteiger partial charge in [0, 0.05) is 32.6 Å². The van der Waals surface area contributed by atoms with Gasteiger partial charge < -0.3 is 14.3 Å². The largest absolute Gasteiger partial charge is 0.364 e. The van der Waals surface area contributed by atoms with Gasteiger partial charge in [-0.15, -0.1) is 0 Å². The molecule has 18 heavy (non-hydrogen) atoms. The van der Waals surface area contributed by atoms with Crippen LogP contribution in [-0.4, -0.2) is 46.9 Å². The van der Waals surface area contributed by atoms with Gasteiger partial charge in [0.15, 0.2) is 0 Å². The van der Waals surface area contributed by atoms with Crippen molar-refractivity contribution < 1.29 is 14.1 Å². The molecule has 0 spiro atoms. The fraction of sp³-hybridized carbons (Fsp3) is 0.583. The number of hydrogen-bond donors (Lipinski definition) is 0. The first-order chi connectivity index (χ1) is 8.61. The first-order valence-corrected chi connectivity index (χ1v) is 6.03. The first-order valence-electron chi connectivity index (χ1n) is 6.03. The van der Waals surface area contributed by atoms with Crippen LogP contribution in [-0.2, 0) is 16.1 Å². The lowest BCUT2D eigenvalue weighted by atomic mass is 10.1. The molecular formula is C12H17N3O3. The molecule has 2 heterocycles. The molecule has 0 N–H and O–H groups in total. The fourth-order valence-electron chi connectivity index (χ4n) is 2.19. The maximum Gasteiger partial charge on any atom is 0.228 e. The van der Waals surface area contributed by atoms with E-state index in [0.29, 0.717) is 31.7 Å². The zero-order valence-corrected chi connectivity index (χ0v) is 10.6. The molecule has 0 aliphatic carbocycles. The Kier molecular flexibility index (Phi) is 3.64. The molecule has 0 aromatic carbocycles. The van der Waals surface area contributed by atoms with E-state index in [-0.39, 0.29) is 17.7 Å². The van der Waals surface area contributed by atoms with Gasteiger partial charge >= 0.3 is 0 Å². The minimum absolute atomic E-state index is 0.0118. The summed E-state index contributed by atoms with van der Waals surface area (Å²) in [7, 11) is 1.72. The molecular weight excluding hydrogens is 234 g/mol. The smallest absolute Gasteiger partial charge is 0.228 e. The Morgan fingerprint density at radius 2 is 2.44 bits per heavy atom. The number of amides is 2. The maximum atomic E-state index is 12.2. The predicted octanol–water partition coefficient (Wildman–Crippen LogP) is 0.501. The molecule has 1 aliphatic heterocycles. The fourth-order valence-corrected chi connectivity index (χ4v) is 2.19. The van der Waals surface area contributed by atoms with Crippen molar-refractivity contribution in [3.8, 4) is 0 Å². The minimum atomic E-state index is -0.227. The highest BCUT2D eigenvalue weighted by atomic mass is 16.5. The lowest BCUT2D eigenvalue weighted by Gasteiger charge is -2.20. The zero-order chi connectivity index (χ0) is 13.1. The SMILES string of the molecule is CCN1C[C@H](C(=O)N(C)Cc2ccon2)CC1=O. The van der Waals surface area contributed by atoms with Crippen molar-refractivity contribution in [1.29, 1.82) is 0 Å². The highest BCUT2D eigenvalue weighted by Gasteiger charge is 2.34. The van der Waals surface area contributed by atoms with Crippen LogP contribution in [0, 0.1) is 5.92 Å².